The van der Waals surface area contributed by atoms with Crippen molar-refractivity contribution in [2.75, 3.05) is 57.3 Å². The van der Waals surface area contributed by atoms with Crippen molar-refractivity contribution in [3.63, 3.8) is 0 Å². The number of imide groups is 1. The smallest absolute Gasteiger partial charge is 0.368 e. The number of aryl methyl sites for hydroxylation is 1. The molecule has 0 N–H and O–H groups in total. The standard InChI is InChI=1S/C23H31N5O5/c1-17-3-4-19(20(15-17)26-13-11-25(12-14-26)18(2)29)16-24-7-9-27(10-8-24)23(32)33-28-21(30)5-6-22(28)31/h3-4,15H,5-14,16H2,1-2H3. The number of rotatable bonds is 4. The normalized spacial score (nSPS) is 19.9. The summed E-state index contributed by atoms with van der Waals surface area (Å²) in [4.78, 5) is 60.5. The van der Waals surface area contributed by atoms with E-state index in [4.69, 9.17) is 4.84 Å². The van der Waals surface area contributed by atoms with Crippen molar-refractivity contribution in [2.24, 2.45) is 0 Å². The summed E-state index contributed by atoms with van der Waals surface area (Å²) in [5.41, 5.74) is 3.62. The van der Waals surface area contributed by atoms with Crippen LogP contribution in [0, 0.1) is 6.92 Å². The quantitative estimate of drug-likeness (QED) is 0.622. The van der Waals surface area contributed by atoms with Gasteiger partial charge in [0.15, 0.2) is 0 Å². The van der Waals surface area contributed by atoms with Gasteiger partial charge in [0.1, 0.15) is 0 Å². The van der Waals surface area contributed by atoms with Crippen molar-refractivity contribution >= 4 is 29.5 Å². The van der Waals surface area contributed by atoms with Gasteiger partial charge in [-0.2, -0.15) is 0 Å². The summed E-state index contributed by atoms with van der Waals surface area (Å²) in [5, 5.41) is 0.596. The third-order valence-electron chi connectivity index (χ3n) is 6.51. The Morgan fingerprint density at radius 2 is 1.48 bits per heavy atom. The molecular weight excluding hydrogens is 426 g/mol. The minimum atomic E-state index is -0.655. The van der Waals surface area contributed by atoms with E-state index in [-0.39, 0.29) is 18.7 Å². The Labute approximate surface area is 193 Å². The molecule has 10 nitrogen and oxygen atoms in total. The zero-order valence-corrected chi connectivity index (χ0v) is 19.3. The maximum Gasteiger partial charge on any atom is 0.434 e. The van der Waals surface area contributed by atoms with Gasteiger partial charge in [-0.05, 0) is 24.1 Å². The molecule has 0 aliphatic carbocycles. The summed E-state index contributed by atoms with van der Waals surface area (Å²) in [6.07, 6.45) is -0.483. The molecule has 3 fully saturated rings. The molecule has 33 heavy (non-hydrogen) atoms. The molecule has 0 radical (unpaired) electrons. The molecule has 0 saturated carbocycles. The van der Waals surface area contributed by atoms with Gasteiger partial charge in [-0.3, -0.25) is 19.3 Å². The molecular formula is C23H31N5O5. The zero-order chi connectivity index (χ0) is 23.5. The van der Waals surface area contributed by atoms with Gasteiger partial charge in [0.05, 0.1) is 0 Å². The van der Waals surface area contributed by atoms with Crippen molar-refractivity contribution in [1.29, 1.82) is 0 Å². The van der Waals surface area contributed by atoms with Crippen LogP contribution in [0.2, 0.25) is 0 Å². The molecule has 0 aromatic heterocycles. The Morgan fingerprint density at radius 3 is 2.09 bits per heavy atom. The molecule has 3 saturated heterocycles. The Hall–Kier alpha value is -3.14. The number of hydrogen-bond donors (Lipinski definition) is 0. The molecule has 0 bridgehead atoms. The lowest BCUT2D eigenvalue weighted by Crippen LogP contribution is -2.50. The molecule has 178 valence electrons. The number of anilines is 1. The lowest BCUT2D eigenvalue weighted by molar-refractivity contribution is -0.174. The first kappa shape index (κ1) is 23.0. The average Bonchev–Trinajstić information content (AvgIpc) is 3.12. The van der Waals surface area contributed by atoms with Gasteiger partial charge in [0.2, 0.25) is 5.91 Å². The molecule has 3 heterocycles. The molecule has 0 unspecified atom stereocenters. The van der Waals surface area contributed by atoms with Crippen LogP contribution in [0.5, 0.6) is 0 Å². The number of benzene rings is 1. The van der Waals surface area contributed by atoms with Crippen LogP contribution < -0.4 is 4.90 Å². The largest absolute Gasteiger partial charge is 0.434 e. The monoisotopic (exact) mass is 457 g/mol. The molecule has 4 rings (SSSR count). The van der Waals surface area contributed by atoms with Crippen LogP contribution in [-0.2, 0) is 25.8 Å². The van der Waals surface area contributed by atoms with E-state index in [0.29, 0.717) is 31.2 Å². The first-order chi connectivity index (χ1) is 15.8. The summed E-state index contributed by atoms with van der Waals surface area (Å²) < 4.78 is 0. The Bertz CT molecular complexity index is 919. The second-order valence-corrected chi connectivity index (χ2v) is 8.83. The summed E-state index contributed by atoms with van der Waals surface area (Å²) in [5.74, 6) is -0.819. The third-order valence-corrected chi connectivity index (χ3v) is 6.51. The van der Waals surface area contributed by atoms with Gasteiger partial charge < -0.3 is 19.5 Å². The van der Waals surface area contributed by atoms with Gasteiger partial charge in [-0.15, -0.1) is 5.06 Å². The zero-order valence-electron chi connectivity index (χ0n) is 19.3. The van der Waals surface area contributed by atoms with Crippen molar-refractivity contribution in [2.45, 2.75) is 33.2 Å². The summed E-state index contributed by atoms with van der Waals surface area (Å²) in [6, 6.07) is 6.48. The lowest BCUT2D eigenvalue weighted by Gasteiger charge is -2.38. The average molecular weight is 458 g/mol. The number of piperazine rings is 2. The van der Waals surface area contributed by atoms with E-state index in [9.17, 15) is 19.2 Å². The van der Waals surface area contributed by atoms with E-state index in [1.54, 1.807) is 6.92 Å². The van der Waals surface area contributed by atoms with Crippen molar-refractivity contribution in [3.8, 4) is 0 Å². The minimum absolute atomic E-state index is 0.0859. The summed E-state index contributed by atoms with van der Waals surface area (Å²) >= 11 is 0. The van der Waals surface area contributed by atoms with Gasteiger partial charge >= 0.3 is 6.09 Å². The second kappa shape index (κ2) is 9.78. The molecule has 3 aliphatic rings. The Balaban J connectivity index is 1.33. The highest BCUT2D eigenvalue weighted by Gasteiger charge is 2.35. The van der Waals surface area contributed by atoms with Crippen LogP contribution >= 0.6 is 0 Å². The number of carbonyl (C=O) groups is 4. The highest BCUT2D eigenvalue weighted by molar-refractivity contribution is 6.01. The lowest BCUT2D eigenvalue weighted by atomic mass is 10.1. The first-order valence-electron chi connectivity index (χ1n) is 11.5. The van der Waals surface area contributed by atoms with Crippen LogP contribution in [-0.4, -0.2) is 95.9 Å². The van der Waals surface area contributed by atoms with Gasteiger partial charge in [0, 0.05) is 84.4 Å². The SMILES string of the molecule is CC(=O)N1CCN(c2cc(C)ccc2CN2CCN(C(=O)ON3C(=O)CCC3=O)CC2)CC1. The number of amides is 4. The molecule has 4 amide bonds. The van der Waals surface area contributed by atoms with Gasteiger partial charge in [0.25, 0.3) is 11.8 Å². The molecule has 1 aromatic carbocycles. The van der Waals surface area contributed by atoms with E-state index in [1.807, 2.05) is 4.90 Å². The maximum absolute atomic E-state index is 12.4. The number of hydrogen-bond acceptors (Lipinski definition) is 7. The maximum atomic E-state index is 12.4. The van der Waals surface area contributed by atoms with Crippen LogP contribution in [0.15, 0.2) is 18.2 Å². The van der Waals surface area contributed by atoms with Crippen LogP contribution in [0.1, 0.15) is 30.9 Å². The minimum Gasteiger partial charge on any atom is -0.368 e. The molecule has 3 aliphatic heterocycles. The fourth-order valence-corrected chi connectivity index (χ4v) is 4.49. The van der Waals surface area contributed by atoms with Crippen molar-refractivity contribution in [3.05, 3.63) is 29.3 Å². The van der Waals surface area contributed by atoms with Crippen molar-refractivity contribution in [1.82, 2.24) is 19.8 Å². The second-order valence-electron chi connectivity index (χ2n) is 8.83. The van der Waals surface area contributed by atoms with E-state index in [1.165, 1.54) is 21.7 Å². The topological polar surface area (TPSA) is 93.7 Å². The van der Waals surface area contributed by atoms with E-state index in [2.05, 4.69) is 34.9 Å². The number of carbonyl (C=O) groups excluding carboxylic acids is 4. The number of nitrogens with zero attached hydrogens (tertiary/aromatic N) is 5. The first-order valence-corrected chi connectivity index (χ1v) is 11.5. The van der Waals surface area contributed by atoms with E-state index < -0.39 is 17.9 Å². The highest BCUT2D eigenvalue weighted by Crippen LogP contribution is 2.26. The summed E-state index contributed by atoms with van der Waals surface area (Å²) in [7, 11) is 0. The fourth-order valence-electron chi connectivity index (χ4n) is 4.49. The van der Waals surface area contributed by atoms with Gasteiger partial charge in [-0.25, -0.2) is 4.79 Å². The van der Waals surface area contributed by atoms with Crippen LogP contribution in [0.3, 0.4) is 0 Å². The van der Waals surface area contributed by atoms with Crippen LogP contribution in [0.4, 0.5) is 10.5 Å². The molecule has 0 spiro atoms. The van der Waals surface area contributed by atoms with Gasteiger partial charge in [-0.1, -0.05) is 12.1 Å². The molecule has 10 heteroatoms. The van der Waals surface area contributed by atoms with E-state index in [0.717, 1.165) is 32.7 Å². The third kappa shape index (κ3) is 5.27. The van der Waals surface area contributed by atoms with E-state index >= 15 is 0 Å². The van der Waals surface area contributed by atoms with Crippen molar-refractivity contribution < 1.29 is 24.0 Å². The molecule has 0 atom stereocenters. The highest BCUT2D eigenvalue weighted by atomic mass is 16.7. The number of hydroxylamine groups is 2. The predicted molar refractivity (Wildman–Crippen MR) is 120 cm³/mol. The fraction of sp³-hybridized carbons (Fsp3) is 0.565. The summed E-state index contributed by atoms with van der Waals surface area (Å²) in [6.45, 7) is 9.80. The Kier molecular flexibility index (Phi) is 6.83. The predicted octanol–water partition coefficient (Wildman–Crippen LogP) is 0.982. The Morgan fingerprint density at radius 1 is 0.879 bits per heavy atom. The van der Waals surface area contributed by atoms with Crippen LogP contribution in [0.25, 0.3) is 0 Å². The molecule has 1 aromatic rings.